The van der Waals surface area contributed by atoms with Crippen molar-refractivity contribution in [3.8, 4) is 0 Å². The van der Waals surface area contributed by atoms with E-state index in [1.54, 1.807) is 11.8 Å². The van der Waals surface area contributed by atoms with E-state index < -0.39 is 18.0 Å². The summed E-state index contributed by atoms with van der Waals surface area (Å²) in [5.74, 6) is 0.229. The maximum absolute atomic E-state index is 12.8. The molecule has 0 bridgehead atoms. The minimum atomic E-state index is -4.51. The molecule has 1 saturated heterocycles. The van der Waals surface area contributed by atoms with E-state index in [4.69, 9.17) is 0 Å². The van der Waals surface area contributed by atoms with Crippen LogP contribution in [0, 0.1) is 5.92 Å². The summed E-state index contributed by atoms with van der Waals surface area (Å²) in [6.45, 7) is 2.76. The van der Waals surface area contributed by atoms with E-state index >= 15 is 0 Å². The molecule has 112 valence electrons. The summed E-state index contributed by atoms with van der Waals surface area (Å²) in [5, 5.41) is 12.1. The van der Waals surface area contributed by atoms with Gasteiger partial charge >= 0.3 is 6.18 Å². The Morgan fingerprint density at radius 2 is 2.15 bits per heavy atom. The summed E-state index contributed by atoms with van der Waals surface area (Å²) >= 11 is 0. The van der Waals surface area contributed by atoms with E-state index in [9.17, 15) is 18.3 Å². The van der Waals surface area contributed by atoms with Crippen LogP contribution in [0.25, 0.3) is 0 Å². The maximum Gasteiger partial charge on any atom is 0.433 e. The third-order valence-corrected chi connectivity index (χ3v) is 3.46. The number of aliphatic hydroxyl groups is 1. The lowest BCUT2D eigenvalue weighted by Gasteiger charge is -2.20. The quantitative estimate of drug-likeness (QED) is 0.888. The molecule has 8 heteroatoms. The zero-order valence-electron chi connectivity index (χ0n) is 11.3. The fraction of sp³-hybridized carbons (Fsp3) is 0.667. The minimum absolute atomic E-state index is 0.0531. The highest BCUT2D eigenvalue weighted by atomic mass is 19.4. The highest BCUT2D eigenvalue weighted by molar-refractivity contribution is 5.46. The van der Waals surface area contributed by atoms with Crippen LogP contribution in [0.1, 0.15) is 19.0 Å². The molecule has 0 spiro atoms. The van der Waals surface area contributed by atoms with Crippen molar-refractivity contribution in [1.29, 1.82) is 0 Å². The van der Waals surface area contributed by atoms with Gasteiger partial charge in [-0.1, -0.05) is 0 Å². The first-order chi connectivity index (χ1) is 9.31. The average molecular weight is 290 g/mol. The summed E-state index contributed by atoms with van der Waals surface area (Å²) < 4.78 is 38.4. The Labute approximate surface area is 114 Å². The molecular formula is C12H17F3N4O. The van der Waals surface area contributed by atoms with Gasteiger partial charge in [-0.15, -0.1) is 0 Å². The van der Waals surface area contributed by atoms with Crippen molar-refractivity contribution in [3.63, 3.8) is 0 Å². The van der Waals surface area contributed by atoms with Crippen LogP contribution in [-0.4, -0.2) is 41.3 Å². The fourth-order valence-corrected chi connectivity index (χ4v) is 2.24. The Bertz CT molecular complexity index is 478. The van der Waals surface area contributed by atoms with Crippen LogP contribution in [0.3, 0.4) is 0 Å². The lowest BCUT2D eigenvalue weighted by molar-refractivity contribution is -0.141. The Balaban J connectivity index is 2.28. The fourth-order valence-electron chi connectivity index (χ4n) is 2.24. The maximum atomic E-state index is 12.8. The van der Waals surface area contributed by atoms with Gasteiger partial charge in [0.2, 0.25) is 5.95 Å². The summed E-state index contributed by atoms with van der Waals surface area (Å²) in [6.07, 6.45) is -4.25. The molecule has 2 atom stereocenters. The molecular weight excluding hydrogens is 273 g/mol. The smallest absolute Gasteiger partial charge is 0.393 e. The SMILES string of the molecule is CNc1nc(N2CCC(C(C)O)C2)cc(C(F)(F)F)n1. The van der Waals surface area contributed by atoms with Crippen LogP contribution in [0.15, 0.2) is 6.07 Å². The summed E-state index contributed by atoms with van der Waals surface area (Å²) in [5.41, 5.74) is -0.965. The van der Waals surface area contributed by atoms with Gasteiger partial charge in [0.05, 0.1) is 6.10 Å². The second-order valence-electron chi connectivity index (χ2n) is 4.92. The van der Waals surface area contributed by atoms with Crippen molar-refractivity contribution < 1.29 is 18.3 Å². The number of aromatic nitrogens is 2. The lowest BCUT2D eigenvalue weighted by atomic mass is 10.0. The van der Waals surface area contributed by atoms with E-state index in [0.29, 0.717) is 13.1 Å². The first-order valence-corrected chi connectivity index (χ1v) is 6.38. The molecule has 1 aromatic rings. The second kappa shape index (κ2) is 5.43. The minimum Gasteiger partial charge on any atom is -0.393 e. The van der Waals surface area contributed by atoms with Crippen LogP contribution in [0.4, 0.5) is 24.9 Å². The zero-order chi connectivity index (χ0) is 14.9. The third kappa shape index (κ3) is 3.12. The van der Waals surface area contributed by atoms with Gasteiger partial charge in [-0.3, -0.25) is 0 Å². The second-order valence-corrected chi connectivity index (χ2v) is 4.92. The molecule has 0 radical (unpaired) electrons. The van der Waals surface area contributed by atoms with Crippen molar-refractivity contribution in [2.45, 2.75) is 25.6 Å². The van der Waals surface area contributed by atoms with Gasteiger partial charge in [-0.05, 0) is 13.3 Å². The van der Waals surface area contributed by atoms with Gasteiger partial charge in [-0.2, -0.15) is 18.2 Å². The molecule has 0 aliphatic carbocycles. The van der Waals surface area contributed by atoms with Gasteiger partial charge in [0, 0.05) is 32.1 Å². The number of anilines is 2. The molecule has 0 aromatic carbocycles. The topological polar surface area (TPSA) is 61.3 Å². The van der Waals surface area contributed by atoms with Crippen molar-refractivity contribution in [3.05, 3.63) is 11.8 Å². The van der Waals surface area contributed by atoms with Crippen LogP contribution < -0.4 is 10.2 Å². The Hall–Kier alpha value is -1.57. The Morgan fingerprint density at radius 1 is 1.45 bits per heavy atom. The average Bonchev–Trinajstić information content (AvgIpc) is 2.87. The van der Waals surface area contributed by atoms with Gasteiger partial charge in [-0.25, -0.2) is 4.98 Å². The molecule has 1 aliphatic heterocycles. The van der Waals surface area contributed by atoms with Crippen LogP contribution in [0.2, 0.25) is 0 Å². The Morgan fingerprint density at radius 3 is 2.65 bits per heavy atom. The van der Waals surface area contributed by atoms with Crippen molar-refractivity contribution in [1.82, 2.24) is 9.97 Å². The first kappa shape index (κ1) is 14.8. The monoisotopic (exact) mass is 290 g/mol. The molecule has 0 amide bonds. The predicted molar refractivity (Wildman–Crippen MR) is 68.6 cm³/mol. The highest BCUT2D eigenvalue weighted by Crippen LogP contribution is 2.32. The number of alkyl halides is 3. The summed E-state index contributed by atoms with van der Waals surface area (Å²) in [4.78, 5) is 9.23. The molecule has 1 aromatic heterocycles. The molecule has 2 rings (SSSR count). The number of rotatable bonds is 3. The third-order valence-electron chi connectivity index (χ3n) is 3.46. The summed E-state index contributed by atoms with van der Waals surface area (Å²) in [6, 6.07) is 0.950. The normalized spacial score (nSPS) is 21.1. The van der Waals surface area contributed by atoms with Crippen LogP contribution >= 0.6 is 0 Å². The van der Waals surface area contributed by atoms with Gasteiger partial charge in [0.1, 0.15) is 5.82 Å². The van der Waals surface area contributed by atoms with Crippen LogP contribution in [-0.2, 0) is 6.18 Å². The van der Waals surface area contributed by atoms with E-state index in [-0.39, 0.29) is 17.7 Å². The van der Waals surface area contributed by atoms with E-state index in [2.05, 4.69) is 15.3 Å². The number of nitrogens with one attached hydrogen (secondary N) is 1. The summed E-state index contributed by atoms with van der Waals surface area (Å²) in [7, 11) is 1.47. The molecule has 2 unspecified atom stereocenters. The molecule has 5 nitrogen and oxygen atoms in total. The number of hydrogen-bond donors (Lipinski definition) is 2. The van der Waals surface area contributed by atoms with Gasteiger partial charge in [0.15, 0.2) is 5.69 Å². The molecule has 2 heterocycles. The number of nitrogens with zero attached hydrogens (tertiary/aromatic N) is 3. The molecule has 1 fully saturated rings. The number of hydrogen-bond acceptors (Lipinski definition) is 5. The zero-order valence-corrected chi connectivity index (χ0v) is 11.3. The van der Waals surface area contributed by atoms with Crippen molar-refractivity contribution in [2.75, 3.05) is 30.4 Å². The largest absolute Gasteiger partial charge is 0.433 e. The van der Waals surface area contributed by atoms with E-state index in [0.717, 1.165) is 12.5 Å². The predicted octanol–water partition coefficient (Wildman–Crippen LogP) is 1.74. The number of halogens is 3. The van der Waals surface area contributed by atoms with Crippen LogP contribution in [0.5, 0.6) is 0 Å². The van der Waals surface area contributed by atoms with E-state index in [1.165, 1.54) is 7.05 Å². The van der Waals surface area contributed by atoms with Crippen molar-refractivity contribution in [2.24, 2.45) is 5.92 Å². The molecule has 0 saturated carbocycles. The molecule has 2 N–H and O–H groups in total. The lowest BCUT2D eigenvalue weighted by Crippen LogP contribution is -2.25. The molecule has 20 heavy (non-hydrogen) atoms. The number of aliphatic hydroxyl groups excluding tert-OH is 1. The van der Waals surface area contributed by atoms with E-state index in [1.807, 2.05) is 0 Å². The van der Waals surface area contributed by atoms with Gasteiger partial charge < -0.3 is 15.3 Å². The highest BCUT2D eigenvalue weighted by Gasteiger charge is 2.35. The standard InChI is InChI=1S/C12H17F3N4O/c1-7(20)8-3-4-19(6-8)10-5-9(12(13,14)15)17-11(16-2)18-10/h5,7-8,20H,3-4,6H2,1-2H3,(H,16,17,18). The van der Waals surface area contributed by atoms with Gasteiger partial charge in [0.25, 0.3) is 0 Å². The van der Waals surface area contributed by atoms with Crippen molar-refractivity contribution >= 4 is 11.8 Å². The molecule has 1 aliphatic rings. The first-order valence-electron chi connectivity index (χ1n) is 6.38. The Kier molecular flexibility index (Phi) is 4.03.